The third-order valence-corrected chi connectivity index (χ3v) is 2.15. The van der Waals surface area contributed by atoms with Gasteiger partial charge in [0.2, 0.25) is 0 Å². The Morgan fingerprint density at radius 3 is 2.19 bits per heavy atom. The summed E-state index contributed by atoms with van der Waals surface area (Å²) in [5.74, 6) is -0.431. The normalized spacial score (nSPS) is 13.3. The molecule has 0 aliphatic carbocycles. The van der Waals surface area contributed by atoms with Crippen molar-refractivity contribution in [3.05, 3.63) is 41.5 Å². The predicted octanol–water partition coefficient (Wildman–Crippen LogP) is 4.30. The number of ether oxygens (including phenoxy) is 1. The second-order valence-corrected chi connectivity index (χ2v) is 3.44. The van der Waals surface area contributed by atoms with E-state index in [1.54, 1.807) is 12.1 Å². The van der Waals surface area contributed by atoms with Crippen LogP contribution in [0.25, 0.3) is 0 Å². The van der Waals surface area contributed by atoms with Gasteiger partial charge in [-0.1, -0.05) is 17.7 Å². The quantitative estimate of drug-likeness (QED) is 0.495. The van der Waals surface area contributed by atoms with E-state index >= 15 is 0 Å². The molecule has 2 rings (SSSR count). The van der Waals surface area contributed by atoms with Crippen LogP contribution in [0.1, 0.15) is 18.4 Å². The van der Waals surface area contributed by atoms with Crippen LogP contribution < -0.4 is 0 Å². The molecule has 0 spiro atoms. The van der Waals surface area contributed by atoms with Crippen molar-refractivity contribution in [2.75, 3.05) is 13.2 Å². The fraction of sp³-hybridized carbons (Fsp3) is 0.364. The van der Waals surface area contributed by atoms with Crippen LogP contribution in [0.4, 0.5) is 4.39 Å². The van der Waals surface area contributed by atoms with Crippen LogP contribution in [0.3, 0.4) is 0 Å². The Hall–Kier alpha value is 0.373. The van der Waals surface area contributed by atoms with Gasteiger partial charge >= 0.3 is 30.0 Å². The summed E-state index contributed by atoms with van der Waals surface area (Å²) < 4.78 is 17.5. The molecule has 86 valence electrons. The molecule has 1 aromatic carbocycles. The van der Waals surface area contributed by atoms with Crippen molar-refractivity contribution in [1.82, 2.24) is 0 Å². The zero-order valence-corrected chi connectivity index (χ0v) is 14.3. The van der Waals surface area contributed by atoms with E-state index in [9.17, 15) is 4.39 Å². The van der Waals surface area contributed by atoms with Gasteiger partial charge in [-0.2, -0.15) is 18.6 Å². The Bertz CT molecular complexity index is 267. The first-order valence-electron chi connectivity index (χ1n) is 4.82. The molecule has 0 amide bonds. The summed E-state index contributed by atoms with van der Waals surface area (Å²) in [7, 11) is 0. The summed E-state index contributed by atoms with van der Waals surface area (Å²) in [6.45, 7) is 5.42. The molecule has 1 heterocycles. The van der Waals surface area contributed by atoms with Crippen LogP contribution in [-0.2, 0) is 21.1 Å². The first-order valence-corrected chi connectivity index (χ1v) is 12.1. The van der Waals surface area contributed by atoms with Gasteiger partial charge in [0, 0.05) is 24.1 Å². The fourth-order valence-electron chi connectivity index (χ4n) is 1.06. The van der Waals surface area contributed by atoms with E-state index < -0.39 is 5.82 Å². The monoisotopic (exact) mass is 358 g/mol. The van der Waals surface area contributed by atoms with Gasteiger partial charge in [-0.25, -0.2) is 0 Å². The Morgan fingerprint density at radius 2 is 1.88 bits per heavy atom. The summed E-state index contributed by atoms with van der Waals surface area (Å²) in [5, 5.41) is 0.127. The summed E-state index contributed by atoms with van der Waals surface area (Å²) in [4.78, 5) is 0. The maximum absolute atomic E-state index is 12.5. The van der Waals surface area contributed by atoms with Gasteiger partial charge < -0.3 is 4.74 Å². The average Bonchev–Trinajstić information content (AvgIpc) is 2.87. The van der Waals surface area contributed by atoms with E-state index in [-0.39, 0.29) is 5.02 Å². The number of halogens is 3. The van der Waals surface area contributed by atoms with Gasteiger partial charge in [-0.15, -0.1) is 6.07 Å². The molecule has 1 aliphatic rings. The molecule has 0 aromatic heterocycles. The van der Waals surface area contributed by atoms with E-state index in [1.807, 2.05) is 0 Å². The van der Waals surface area contributed by atoms with Crippen LogP contribution in [-0.4, -0.2) is 13.2 Å². The maximum atomic E-state index is 12.5. The summed E-state index contributed by atoms with van der Waals surface area (Å²) in [6, 6.07) is 4.72. The molecule has 0 N–H and O–H groups in total. The van der Waals surface area contributed by atoms with Gasteiger partial charge in [-0.3, -0.25) is 4.39 Å². The van der Waals surface area contributed by atoms with Crippen molar-refractivity contribution in [1.29, 1.82) is 0 Å². The van der Waals surface area contributed by atoms with Gasteiger partial charge in [0.1, 0.15) is 0 Å². The van der Waals surface area contributed by atoms with Crippen LogP contribution in [0.15, 0.2) is 18.2 Å². The van der Waals surface area contributed by atoms with Crippen molar-refractivity contribution in [2.24, 2.45) is 0 Å². The molecule has 1 nitrogen and oxygen atoms in total. The SMILES string of the molecule is C1CCOC1.[CH2-]c1cccc(Cl)c1F.[Zn+][Br]. The number of rotatable bonds is 0. The van der Waals surface area contributed by atoms with Gasteiger partial charge in [-0.05, 0) is 12.8 Å². The van der Waals surface area contributed by atoms with Crippen molar-refractivity contribution in [3.63, 3.8) is 0 Å². The van der Waals surface area contributed by atoms with E-state index in [2.05, 4.69) is 20.5 Å². The van der Waals surface area contributed by atoms with Crippen molar-refractivity contribution in [3.8, 4) is 0 Å². The molecule has 0 unspecified atom stereocenters. The van der Waals surface area contributed by atoms with Crippen LogP contribution in [0.5, 0.6) is 0 Å². The van der Waals surface area contributed by atoms with Crippen molar-refractivity contribution >= 4 is 25.2 Å². The van der Waals surface area contributed by atoms with E-state index in [1.165, 1.54) is 35.3 Å². The number of benzene rings is 1. The molecule has 0 saturated carbocycles. The Labute approximate surface area is 118 Å². The Morgan fingerprint density at radius 1 is 1.31 bits per heavy atom. The minimum atomic E-state index is -0.431. The van der Waals surface area contributed by atoms with E-state index in [4.69, 9.17) is 16.3 Å². The van der Waals surface area contributed by atoms with Gasteiger partial charge in [0.05, 0.1) is 0 Å². The molecule has 1 aromatic rings. The molecular formula is C11H13BrClFOZn. The van der Waals surface area contributed by atoms with Gasteiger partial charge in [0.25, 0.3) is 0 Å². The van der Waals surface area contributed by atoms with Crippen molar-refractivity contribution < 1.29 is 25.5 Å². The first-order chi connectivity index (χ1) is 7.72. The average molecular weight is 361 g/mol. The minimum absolute atomic E-state index is 0.127. The molecule has 1 saturated heterocycles. The zero-order valence-electron chi connectivity index (χ0n) is 9.02. The van der Waals surface area contributed by atoms with E-state index in [0.29, 0.717) is 5.56 Å². The van der Waals surface area contributed by atoms with E-state index in [0.717, 1.165) is 13.2 Å². The zero-order chi connectivity index (χ0) is 12.4. The third-order valence-electron chi connectivity index (χ3n) is 1.86. The van der Waals surface area contributed by atoms with Crippen LogP contribution >= 0.6 is 25.2 Å². The van der Waals surface area contributed by atoms with Gasteiger partial charge in [0.15, 0.2) is 0 Å². The summed E-state index contributed by atoms with van der Waals surface area (Å²) in [5.41, 5.74) is 0.336. The standard InChI is InChI=1S/C7H5ClF.C4H8O.BrH.Zn/c1-5-3-2-4-6(8)7(5)9;1-2-4-5-3-1;;/h2-4H,1H2;1-4H2;1H;/q-1;;;+2/p-1. The first kappa shape index (κ1) is 16.4. The molecule has 5 heteroatoms. The fourth-order valence-corrected chi connectivity index (χ4v) is 1.25. The molecule has 0 bridgehead atoms. The Balaban J connectivity index is 0.000000272. The Kier molecular flexibility index (Phi) is 10.8. The van der Waals surface area contributed by atoms with Crippen molar-refractivity contribution in [2.45, 2.75) is 12.8 Å². The summed E-state index contributed by atoms with van der Waals surface area (Å²) >= 11 is 9.65. The molecule has 1 fully saturated rings. The molecule has 16 heavy (non-hydrogen) atoms. The molecule has 0 radical (unpaired) electrons. The topological polar surface area (TPSA) is 9.23 Å². The number of hydrogen-bond donors (Lipinski definition) is 0. The third kappa shape index (κ3) is 6.85. The van der Waals surface area contributed by atoms with Crippen LogP contribution in [0.2, 0.25) is 5.02 Å². The molecule has 1 aliphatic heterocycles. The summed E-state index contributed by atoms with van der Waals surface area (Å²) in [6.07, 6.45) is 2.56. The second kappa shape index (κ2) is 10.5. The molecular weight excluding hydrogens is 348 g/mol. The molecule has 0 atom stereocenters. The predicted molar refractivity (Wildman–Crippen MR) is 64.8 cm³/mol. The van der Waals surface area contributed by atoms with Crippen LogP contribution in [0, 0.1) is 12.7 Å². The second-order valence-electron chi connectivity index (χ2n) is 3.03. The number of hydrogen-bond acceptors (Lipinski definition) is 1.